The first-order valence-electron chi connectivity index (χ1n) is 15.7. The number of anilines is 1. The van der Waals surface area contributed by atoms with Gasteiger partial charge >= 0.3 is 18.1 Å². The van der Waals surface area contributed by atoms with Crippen molar-refractivity contribution in [2.24, 2.45) is 10.7 Å². The molecule has 2 aromatic carbocycles. The van der Waals surface area contributed by atoms with Crippen LogP contribution in [0.2, 0.25) is 5.02 Å². The number of ether oxygens (including phenoxy) is 1. The summed E-state index contributed by atoms with van der Waals surface area (Å²) < 4.78 is 5.48. The molecule has 0 saturated carbocycles. The van der Waals surface area contributed by atoms with Gasteiger partial charge in [-0.05, 0) is 87.7 Å². The molecule has 0 aliphatic carbocycles. The lowest BCUT2D eigenvalue weighted by Crippen LogP contribution is -2.49. The van der Waals surface area contributed by atoms with E-state index in [1.807, 2.05) is 26.0 Å². The normalized spacial score (nSPS) is 14.3. The number of carbonyl (C=O) groups is 3. The Bertz CT molecular complexity index is 1360. The molecule has 3 amide bonds. The van der Waals surface area contributed by atoms with Crippen LogP contribution in [0.15, 0.2) is 65.4 Å². The highest BCUT2D eigenvalue weighted by Crippen LogP contribution is 2.21. The highest BCUT2D eigenvalue weighted by molar-refractivity contribution is 6.30. The Hall–Kier alpha value is -4.29. The molecule has 1 unspecified atom stereocenters. The SMILES string of the molecule is CCN(CC)C/N=C(NC(CCc1ccc(OC(=O)N2CCCC2)cc1)C(=O)O)\C(=C/N)N(CC)C(=O)N(C)c1ccc(Cl)cc1. The molecular formula is C33H46ClN7O5. The number of carboxylic acid groups (broad SMARTS) is 1. The lowest BCUT2D eigenvalue weighted by atomic mass is 10.0. The highest BCUT2D eigenvalue weighted by Gasteiger charge is 2.28. The van der Waals surface area contributed by atoms with Crippen LogP contribution in [0.3, 0.4) is 0 Å². The van der Waals surface area contributed by atoms with Crippen molar-refractivity contribution in [1.29, 1.82) is 0 Å². The fraction of sp³-hybridized carbons (Fsp3) is 0.455. The van der Waals surface area contributed by atoms with Crippen molar-refractivity contribution in [3.05, 3.63) is 71.0 Å². The van der Waals surface area contributed by atoms with Crippen LogP contribution in [-0.4, -0.2) is 96.2 Å². The molecule has 250 valence electrons. The number of aryl methyl sites for hydroxylation is 1. The largest absolute Gasteiger partial charge is 0.480 e. The lowest BCUT2D eigenvalue weighted by molar-refractivity contribution is -0.139. The molecule has 1 aliphatic heterocycles. The Morgan fingerprint density at radius 2 is 1.67 bits per heavy atom. The zero-order chi connectivity index (χ0) is 33.6. The van der Waals surface area contributed by atoms with Gasteiger partial charge in [-0.2, -0.15) is 0 Å². The van der Waals surface area contributed by atoms with Gasteiger partial charge in [0.1, 0.15) is 23.3 Å². The summed E-state index contributed by atoms with van der Waals surface area (Å²) in [5.74, 6) is -0.439. The van der Waals surface area contributed by atoms with Crippen molar-refractivity contribution in [3.8, 4) is 5.75 Å². The second kappa shape index (κ2) is 18.0. The Morgan fingerprint density at radius 3 is 2.22 bits per heavy atom. The third-order valence-corrected chi connectivity index (χ3v) is 8.14. The van der Waals surface area contributed by atoms with Gasteiger partial charge < -0.3 is 25.8 Å². The van der Waals surface area contributed by atoms with Gasteiger partial charge in [0, 0.05) is 43.6 Å². The number of urea groups is 1. The number of nitrogens with zero attached hydrogens (tertiary/aromatic N) is 5. The van der Waals surface area contributed by atoms with Crippen molar-refractivity contribution in [2.75, 3.05) is 51.3 Å². The smallest absolute Gasteiger partial charge is 0.415 e. The van der Waals surface area contributed by atoms with E-state index in [0.717, 1.165) is 31.5 Å². The number of nitrogens with one attached hydrogen (secondary N) is 1. The molecule has 1 atom stereocenters. The summed E-state index contributed by atoms with van der Waals surface area (Å²) >= 11 is 6.04. The number of likely N-dealkylation sites (N-methyl/N-ethyl adjacent to an activating group) is 1. The molecule has 3 rings (SSSR count). The number of amides is 3. The van der Waals surface area contributed by atoms with E-state index in [0.29, 0.717) is 36.0 Å². The first kappa shape index (κ1) is 36.2. The van der Waals surface area contributed by atoms with Crippen LogP contribution in [-0.2, 0) is 11.2 Å². The fourth-order valence-corrected chi connectivity index (χ4v) is 5.11. The number of carbonyl (C=O) groups excluding carboxylic acids is 2. The molecule has 2 aromatic rings. The minimum atomic E-state index is -1.07. The fourth-order valence-electron chi connectivity index (χ4n) is 4.98. The molecular weight excluding hydrogens is 610 g/mol. The zero-order valence-electron chi connectivity index (χ0n) is 27.1. The topological polar surface area (TPSA) is 144 Å². The van der Waals surface area contributed by atoms with Crippen LogP contribution in [0.5, 0.6) is 5.75 Å². The Morgan fingerprint density at radius 1 is 1.04 bits per heavy atom. The zero-order valence-corrected chi connectivity index (χ0v) is 27.9. The summed E-state index contributed by atoms with van der Waals surface area (Å²) in [5.41, 5.74) is 7.87. The van der Waals surface area contributed by atoms with E-state index in [-0.39, 0.29) is 43.3 Å². The predicted octanol–water partition coefficient (Wildman–Crippen LogP) is 4.99. The number of likely N-dealkylation sites (tertiary alicyclic amines) is 1. The van der Waals surface area contributed by atoms with Crippen molar-refractivity contribution in [3.63, 3.8) is 0 Å². The Labute approximate surface area is 276 Å². The van der Waals surface area contributed by atoms with Gasteiger partial charge in [0.25, 0.3) is 0 Å². The van der Waals surface area contributed by atoms with Crippen LogP contribution in [0.25, 0.3) is 0 Å². The number of hydrogen-bond acceptors (Lipinski definition) is 7. The molecule has 0 aromatic heterocycles. The number of halogens is 1. The molecule has 1 fully saturated rings. The van der Waals surface area contributed by atoms with E-state index in [9.17, 15) is 19.5 Å². The first-order chi connectivity index (χ1) is 22.1. The average molecular weight is 656 g/mol. The second-order valence-corrected chi connectivity index (χ2v) is 11.3. The highest BCUT2D eigenvalue weighted by atomic mass is 35.5. The molecule has 1 heterocycles. The minimum absolute atomic E-state index is 0.200. The summed E-state index contributed by atoms with van der Waals surface area (Å²) in [6.07, 6.45) is 3.50. The third-order valence-electron chi connectivity index (χ3n) is 7.89. The molecule has 46 heavy (non-hydrogen) atoms. The number of rotatable bonds is 14. The van der Waals surface area contributed by atoms with Gasteiger partial charge in [-0.15, -0.1) is 0 Å². The van der Waals surface area contributed by atoms with Crippen LogP contribution < -0.4 is 20.7 Å². The molecule has 13 heteroatoms. The quantitative estimate of drug-likeness (QED) is 0.191. The van der Waals surface area contributed by atoms with Gasteiger partial charge in [-0.3, -0.25) is 19.7 Å². The lowest BCUT2D eigenvalue weighted by Gasteiger charge is -2.31. The van der Waals surface area contributed by atoms with E-state index in [1.165, 1.54) is 16.0 Å². The molecule has 0 radical (unpaired) electrons. The number of carboxylic acids is 1. The average Bonchev–Trinajstić information content (AvgIpc) is 3.61. The van der Waals surface area contributed by atoms with Crippen LogP contribution in [0, 0.1) is 0 Å². The van der Waals surface area contributed by atoms with Gasteiger partial charge in [0.05, 0.1) is 6.67 Å². The van der Waals surface area contributed by atoms with Crippen molar-refractivity contribution < 1.29 is 24.2 Å². The predicted molar refractivity (Wildman–Crippen MR) is 181 cm³/mol. The first-order valence-corrected chi connectivity index (χ1v) is 16.0. The van der Waals surface area contributed by atoms with E-state index in [1.54, 1.807) is 55.3 Å². The maximum atomic E-state index is 13.7. The maximum Gasteiger partial charge on any atom is 0.415 e. The molecule has 1 aliphatic rings. The van der Waals surface area contributed by atoms with Gasteiger partial charge in [-0.25, -0.2) is 14.4 Å². The number of amidine groups is 1. The molecule has 0 bridgehead atoms. The molecule has 1 saturated heterocycles. The second-order valence-electron chi connectivity index (χ2n) is 10.8. The van der Waals surface area contributed by atoms with Gasteiger partial charge in [0.15, 0.2) is 0 Å². The minimum Gasteiger partial charge on any atom is -0.480 e. The summed E-state index contributed by atoms with van der Waals surface area (Å²) in [6, 6.07) is 12.5. The molecule has 12 nitrogen and oxygen atoms in total. The monoisotopic (exact) mass is 655 g/mol. The standard InChI is InChI=1S/C33H46ClN7O5/c1-5-39(6-2)23-36-30(29(22-35)41(7-3)32(44)38(4)26-15-13-25(34)14-16-26)37-28(31(42)43)19-12-24-10-17-27(18-11-24)46-33(45)40-20-8-9-21-40/h10-11,13-18,22,28H,5-9,12,19-21,23,35H2,1-4H3,(H,36,37)(H,42,43)/b29-22+. The van der Waals surface area contributed by atoms with E-state index in [4.69, 9.17) is 27.1 Å². The van der Waals surface area contributed by atoms with Crippen molar-refractivity contribution >= 4 is 41.2 Å². The number of hydrogen-bond donors (Lipinski definition) is 3. The summed E-state index contributed by atoms with van der Waals surface area (Å²) in [7, 11) is 1.64. The van der Waals surface area contributed by atoms with Crippen molar-refractivity contribution in [2.45, 2.75) is 52.5 Å². The summed E-state index contributed by atoms with van der Waals surface area (Å²) in [6.45, 7) is 9.21. The van der Waals surface area contributed by atoms with Gasteiger partial charge in [0.2, 0.25) is 0 Å². The van der Waals surface area contributed by atoms with Crippen LogP contribution in [0.4, 0.5) is 15.3 Å². The third kappa shape index (κ3) is 10.1. The summed E-state index contributed by atoms with van der Waals surface area (Å²) in [4.78, 5) is 49.8. The van der Waals surface area contributed by atoms with E-state index in [2.05, 4.69) is 10.2 Å². The number of aliphatic imine (C=N–C) groups is 1. The Kier molecular flexibility index (Phi) is 14.2. The molecule has 0 spiro atoms. The molecule has 4 N–H and O–H groups in total. The number of benzene rings is 2. The van der Waals surface area contributed by atoms with E-state index < -0.39 is 12.0 Å². The van der Waals surface area contributed by atoms with E-state index >= 15 is 0 Å². The van der Waals surface area contributed by atoms with Crippen LogP contribution >= 0.6 is 11.6 Å². The number of nitrogens with two attached hydrogens (primary N) is 1. The van der Waals surface area contributed by atoms with Gasteiger partial charge in [-0.1, -0.05) is 37.6 Å². The maximum absolute atomic E-state index is 13.7. The number of aliphatic carboxylic acids is 1. The van der Waals surface area contributed by atoms with Crippen molar-refractivity contribution in [1.82, 2.24) is 20.0 Å². The summed E-state index contributed by atoms with van der Waals surface area (Å²) in [5, 5.41) is 13.8. The Balaban J connectivity index is 1.78. The van der Waals surface area contributed by atoms with Crippen LogP contribution in [0.1, 0.15) is 45.6 Å².